The van der Waals surface area contributed by atoms with Gasteiger partial charge >= 0.3 is 0 Å². The Morgan fingerprint density at radius 2 is 1.69 bits per heavy atom. The van der Waals surface area contributed by atoms with Crippen LogP contribution in [0.15, 0.2) is 36.4 Å². The van der Waals surface area contributed by atoms with Crippen LogP contribution in [0, 0.1) is 6.92 Å². The zero-order chi connectivity index (χ0) is 18.3. The number of benzene rings is 2. The summed E-state index contributed by atoms with van der Waals surface area (Å²) in [4.78, 5) is 15.0. The van der Waals surface area contributed by atoms with Crippen LogP contribution in [0.25, 0.3) is 0 Å². The number of amides is 1. The average Bonchev–Trinajstić information content (AvgIpc) is 3.34. The van der Waals surface area contributed by atoms with E-state index in [1.165, 1.54) is 11.1 Å². The van der Waals surface area contributed by atoms with E-state index in [0.29, 0.717) is 17.5 Å². The van der Waals surface area contributed by atoms with Gasteiger partial charge < -0.3 is 14.8 Å². The number of methoxy groups -OCH3 is 2. The number of aryl methyl sites for hydroxylation is 1. The molecule has 1 fully saturated rings. The van der Waals surface area contributed by atoms with Crippen molar-refractivity contribution in [1.29, 1.82) is 0 Å². The van der Waals surface area contributed by atoms with Crippen molar-refractivity contribution in [1.82, 2.24) is 4.90 Å². The first kappa shape index (κ1) is 16.9. The van der Waals surface area contributed by atoms with Crippen molar-refractivity contribution >= 4 is 11.6 Å². The molecule has 0 aromatic heterocycles. The molecule has 4 rings (SSSR count). The number of nitrogens with zero attached hydrogens (tertiary/aromatic N) is 1. The topological polar surface area (TPSA) is 50.6 Å². The normalized spacial score (nSPS) is 21.2. The summed E-state index contributed by atoms with van der Waals surface area (Å²) in [6, 6.07) is 12.7. The first-order chi connectivity index (χ1) is 12.6. The second-order valence-electron chi connectivity index (χ2n) is 7.05. The van der Waals surface area contributed by atoms with E-state index in [4.69, 9.17) is 9.47 Å². The fourth-order valence-corrected chi connectivity index (χ4v) is 3.89. The second-order valence-corrected chi connectivity index (χ2v) is 7.05. The highest BCUT2D eigenvalue weighted by Gasteiger charge is 2.46. The maximum Gasteiger partial charge on any atom is 0.243 e. The second kappa shape index (κ2) is 6.65. The fourth-order valence-electron chi connectivity index (χ4n) is 3.89. The molecule has 5 heteroatoms. The quantitative estimate of drug-likeness (QED) is 0.841. The van der Waals surface area contributed by atoms with Crippen molar-refractivity contribution in [3.8, 4) is 11.5 Å². The fraction of sp³-hybridized carbons (Fsp3) is 0.381. The lowest BCUT2D eigenvalue weighted by Crippen LogP contribution is -2.28. The number of hydrogen-bond acceptors (Lipinski definition) is 4. The Kier molecular flexibility index (Phi) is 4.32. The summed E-state index contributed by atoms with van der Waals surface area (Å²) in [6.07, 6.45) is 2.07. The van der Waals surface area contributed by atoms with Gasteiger partial charge in [-0.15, -0.1) is 0 Å². The van der Waals surface area contributed by atoms with Crippen LogP contribution >= 0.6 is 0 Å². The summed E-state index contributed by atoms with van der Waals surface area (Å²) >= 11 is 0. The monoisotopic (exact) mass is 352 g/mol. The minimum absolute atomic E-state index is 0.0400. The van der Waals surface area contributed by atoms with Crippen LogP contribution in [0.5, 0.6) is 11.5 Å². The third-order valence-corrected chi connectivity index (χ3v) is 5.44. The van der Waals surface area contributed by atoms with Gasteiger partial charge in [0.15, 0.2) is 11.5 Å². The Morgan fingerprint density at radius 3 is 2.31 bits per heavy atom. The van der Waals surface area contributed by atoms with E-state index in [9.17, 15) is 4.79 Å². The molecule has 1 saturated heterocycles. The SMILES string of the molecule is COc1cc(C)c(NC(=O)C2CN2C2Cc3ccccc3C2)cc1OC. The molecule has 0 bridgehead atoms. The van der Waals surface area contributed by atoms with Crippen molar-refractivity contribution in [2.45, 2.75) is 31.8 Å². The standard InChI is InChI=1S/C21H24N2O3/c1-13-8-19(25-2)20(26-3)11-17(13)22-21(24)18-12-23(18)16-9-14-6-4-5-7-15(14)10-16/h4-8,11,16,18H,9-10,12H2,1-3H3,(H,22,24). The largest absolute Gasteiger partial charge is 0.493 e. The van der Waals surface area contributed by atoms with Gasteiger partial charge in [0.1, 0.15) is 6.04 Å². The van der Waals surface area contributed by atoms with Crippen molar-refractivity contribution in [2.75, 3.05) is 26.1 Å². The van der Waals surface area contributed by atoms with Crippen molar-refractivity contribution in [2.24, 2.45) is 0 Å². The number of anilines is 1. The predicted molar refractivity (Wildman–Crippen MR) is 101 cm³/mol. The van der Waals surface area contributed by atoms with Crippen molar-refractivity contribution < 1.29 is 14.3 Å². The van der Waals surface area contributed by atoms with Gasteiger partial charge in [-0.2, -0.15) is 0 Å². The summed E-state index contributed by atoms with van der Waals surface area (Å²) in [5, 5.41) is 3.06. The molecule has 2 aliphatic rings. The van der Waals surface area contributed by atoms with Crippen LogP contribution in [0.2, 0.25) is 0 Å². The molecule has 0 spiro atoms. The lowest BCUT2D eigenvalue weighted by Gasteiger charge is -2.15. The molecule has 0 saturated carbocycles. The summed E-state index contributed by atoms with van der Waals surface area (Å²) in [5.41, 5.74) is 4.56. The zero-order valence-electron chi connectivity index (χ0n) is 15.4. The van der Waals surface area contributed by atoms with Crippen molar-refractivity contribution in [3.63, 3.8) is 0 Å². The van der Waals surface area contributed by atoms with E-state index in [2.05, 4.69) is 34.5 Å². The Balaban J connectivity index is 1.41. The van der Waals surface area contributed by atoms with E-state index in [1.54, 1.807) is 14.2 Å². The highest BCUT2D eigenvalue weighted by Crippen LogP contribution is 2.35. The number of nitrogens with one attached hydrogen (secondary N) is 1. The molecular weight excluding hydrogens is 328 g/mol. The molecule has 2 unspecified atom stereocenters. The number of carbonyl (C=O) groups excluding carboxylic acids is 1. The molecule has 1 heterocycles. The van der Waals surface area contributed by atoms with Gasteiger partial charge in [0, 0.05) is 24.3 Å². The van der Waals surface area contributed by atoms with E-state index < -0.39 is 0 Å². The Bertz CT molecular complexity index is 824. The molecule has 1 amide bonds. The van der Waals surface area contributed by atoms with Crippen LogP contribution < -0.4 is 14.8 Å². The van der Waals surface area contributed by atoms with Crippen LogP contribution in [0.4, 0.5) is 5.69 Å². The third kappa shape index (κ3) is 3.03. The van der Waals surface area contributed by atoms with E-state index in [1.807, 2.05) is 19.1 Å². The molecule has 26 heavy (non-hydrogen) atoms. The first-order valence-electron chi connectivity index (χ1n) is 8.96. The number of carbonyl (C=O) groups is 1. The summed E-state index contributed by atoms with van der Waals surface area (Å²) in [7, 11) is 3.20. The van der Waals surface area contributed by atoms with Gasteiger partial charge in [-0.05, 0) is 42.5 Å². The van der Waals surface area contributed by atoms with Gasteiger partial charge in [-0.1, -0.05) is 24.3 Å². The molecule has 0 radical (unpaired) electrons. The first-order valence-corrected chi connectivity index (χ1v) is 8.96. The number of rotatable bonds is 5. The summed E-state index contributed by atoms with van der Waals surface area (Å²) < 4.78 is 10.6. The molecule has 1 aliphatic heterocycles. The van der Waals surface area contributed by atoms with Gasteiger partial charge in [-0.3, -0.25) is 9.69 Å². The Morgan fingerprint density at radius 1 is 1.08 bits per heavy atom. The highest BCUT2D eigenvalue weighted by molar-refractivity contribution is 5.97. The van der Waals surface area contributed by atoms with E-state index >= 15 is 0 Å². The minimum Gasteiger partial charge on any atom is -0.493 e. The number of hydrogen-bond donors (Lipinski definition) is 1. The molecule has 2 aromatic carbocycles. The van der Waals surface area contributed by atoms with E-state index in [-0.39, 0.29) is 11.9 Å². The summed E-state index contributed by atoms with van der Waals surface area (Å²) in [5.74, 6) is 1.34. The molecule has 136 valence electrons. The molecular formula is C21H24N2O3. The molecule has 5 nitrogen and oxygen atoms in total. The third-order valence-electron chi connectivity index (χ3n) is 5.44. The lowest BCUT2D eigenvalue weighted by molar-refractivity contribution is -0.116. The van der Waals surface area contributed by atoms with Gasteiger partial charge in [0.25, 0.3) is 0 Å². The Hall–Kier alpha value is -2.53. The smallest absolute Gasteiger partial charge is 0.243 e. The zero-order valence-corrected chi connectivity index (χ0v) is 15.4. The van der Waals surface area contributed by atoms with Gasteiger partial charge in [0.05, 0.1) is 14.2 Å². The number of fused-ring (bicyclic) bond motifs is 1. The molecule has 2 aromatic rings. The minimum atomic E-state index is -0.0400. The maximum atomic E-state index is 12.7. The molecule has 2 atom stereocenters. The van der Waals surface area contributed by atoms with Crippen LogP contribution in [0.3, 0.4) is 0 Å². The van der Waals surface area contributed by atoms with Crippen LogP contribution in [-0.2, 0) is 17.6 Å². The number of ether oxygens (including phenoxy) is 2. The van der Waals surface area contributed by atoms with Gasteiger partial charge in [-0.25, -0.2) is 0 Å². The average molecular weight is 352 g/mol. The van der Waals surface area contributed by atoms with Crippen LogP contribution in [0.1, 0.15) is 16.7 Å². The Labute approximate surface area is 153 Å². The maximum absolute atomic E-state index is 12.7. The lowest BCUT2D eigenvalue weighted by atomic mass is 10.1. The summed E-state index contributed by atoms with van der Waals surface area (Å²) in [6.45, 7) is 2.78. The van der Waals surface area contributed by atoms with Gasteiger partial charge in [0.2, 0.25) is 5.91 Å². The van der Waals surface area contributed by atoms with Crippen LogP contribution in [-0.4, -0.2) is 43.7 Å². The molecule has 1 N–H and O–H groups in total. The molecule has 1 aliphatic carbocycles. The highest BCUT2D eigenvalue weighted by atomic mass is 16.5. The predicted octanol–water partition coefficient (Wildman–Crippen LogP) is 2.80. The van der Waals surface area contributed by atoms with E-state index in [0.717, 1.165) is 30.6 Å². The van der Waals surface area contributed by atoms with Crippen molar-refractivity contribution in [3.05, 3.63) is 53.1 Å².